The van der Waals surface area contributed by atoms with Gasteiger partial charge in [0.15, 0.2) is 5.82 Å². The van der Waals surface area contributed by atoms with E-state index in [1.165, 1.54) is 23.3 Å². The lowest BCUT2D eigenvalue weighted by molar-refractivity contribution is -0.141. The Morgan fingerprint density at radius 3 is 2.86 bits per heavy atom. The number of carbonyl (C=O) groups excluding carboxylic acids is 1. The Balaban J connectivity index is 2.20. The molecule has 1 aromatic carbocycles. The predicted octanol–water partition coefficient (Wildman–Crippen LogP) is 3.03. The van der Waals surface area contributed by atoms with Gasteiger partial charge in [0.2, 0.25) is 0 Å². The monoisotopic (exact) mass is 321 g/mol. The molecular weight excluding hydrogens is 306 g/mol. The third-order valence-corrected chi connectivity index (χ3v) is 2.86. The van der Waals surface area contributed by atoms with Crippen molar-refractivity contribution in [2.75, 3.05) is 7.11 Å². The summed E-state index contributed by atoms with van der Waals surface area (Å²) in [6.07, 6.45) is 4.07. The Morgan fingerprint density at radius 1 is 1.41 bits per heavy atom. The lowest BCUT2D eigenvalue weighted by Gasteiger charge is -2.05. The van der Waals surface area contributed by atoms with Crippen LogP contribution in [-0.2, 0) is 9.53 Å². The van der Waals surface area contributed by atoms with Crippen LogP contribution >= 0.6 is 11.6 Å². The molecule has 22 heavy (non-hydrogen) atoms. The predicted molar refractivity (Wildman–Crippen MR) is 83.6 cm³/mol. The molecule has 0 spiro atoms. The fourth-order valence-electron chi connectivity index (χ4n) is 1.73. The highest BCUT2D eigenvalue weighted by molar-refractivity contribution is 6.30. The molecule has 6 nitrogen and oxygen atoms in total. The van der Waals surface area contributed by atoms with Crippen LogP contribution in [0.5, 0.6) is 5.75 Å². The van der Waals surface area contributed by atoms with Crippen molar-refractivity contribution in [2.45, 2.75) is 20.0 Å². The molecule has 0 N–H and O–H groups in total. The van der Waals surface area contributed by atoms with Crippen LogP contribution in [0.4, 0.5) is 0 Å². The van der Waals surface area contributed by atoms with E-state index in [-0.39, 0.29) is 6.10 Å². The number of halogens is 1. The Kier molecular flexibility index (Phi) is 5.16. The smallest absolute Gasteiger partial charge is 0.332 e. The van der Waals surface area contributed by atoms with Crippen LogP contribution in [0, 0.1) is 0 Å². The SMILES string of the molecule is COc1ccc(Cl)cc1-c1ncn(/C=C/C(=O)OC(C)C)n1. The molecule has 0 amide bonds. The van der Waals surface area contributed by atoms with Gasteiger partial charge in [0, 0.05) is 17.3 Å². The molecule has 0 unspecified atom stereocenters. The van der Waals surface area contributed by atoms with Gasteiger partial charge in [0.25, 0.3) is 0 Å². The first-order valence-corrected chi connectivity index (χ1v) is 7.01. The zero-order valence-corrected chi connectivity index (χ0v) is 13.2. The molecule has 116 valence electrons. The van der Waals surface area contributed by atoms with Crippen molar-refractivity contribution in [3.63, 3.8) is 0 Å². The second-order valence-corrected chi connectivity index (χ2v) is 5.13. The third-order valence-electron chi connectivity index (χ3n) is 2.63. The van der Waals surface area contributed by atoms with Crippen molar-refractivity contribution in [2.24, 2.45) is 0 Å². The van der Waals surface area contributed by atoms with Crippen molar-refractivity contribution >= 4 is 23.8 Å². The largest absolute Gasteiger partial charge is 0.496 e. The molecule has 0 saturated carbocycles. The number of methoxy groups -OCH3 is 1. The summed E-state index contributed by atoms with van der Waals surface area (Å²) >= 11 is 5.99. The Labute approximate surface area is 133 Å². The number of hydrogen-bond donors (Lipinski definition) is 0. The van der Waals surface area contributed by atoms with Crippen LogP contribution in [0.1, 0.15) is 13.8 Å². The lowest BCUT2D eigenvalue weighted by Crippen LogP contribution is -2.08. The molecular formula is C15H16ClN3O3. The van der Waals surface area contributed by atoms with Gasteiger partial charge >= 0.3 is 5.97 Å². The van der Waals surface area contributed by atoms with Crippen molar-refractivity contribution in [1.82, 2.24) is 14.8 Å². The standard InChI is InChI=1S/C15H16ClN3O3/c1-10(2)22-14(20)6-7-19-9-17-15(18-19)12-8-11(16)4-5-13(12)21-3/h4-10H,1-3H3/b7-6+. The summed E-state index contributed by atoms with van der Waals surface area (Å²) in [6.45, 7) is 3.56. The first-order chi connectivity index (χ1) is 10.5. The highest BCUT2D eigenvalue weighted by Gasteiger charge is 2.11. The molecule has 1 heterocycles. The Bertz CT molecular complexity index is 695. The van der Waals surface area contributed by atoms with E-state index < -0.39 is 5.97 Å². The molecule has 0 aliphatic rings. The molecule has 7 heteroatoms. The van der Waals surface area contributed by atoms with Gasteiger partial charge in [-0.3, -0.25) is 0 Å². The number of ether oxygens (including phenoxy) is 2. The molecule has 2 rings (SSSR count). The summed E-state index contributed by atoms with van der Waals surface area (Å²) in [5.74, 6) is 0.624. The molecule has 1 aromatic heterocycles. The average Bonchev–Trinajstić information content (AvgIpc) is 2.93. The molecule has 0 fully saturated rings. The quantitative estimate of drug-likeness (QED) is 0.625. The highest BCUT2D eigenvalue weighted by atomic mass is 35.5. The number of nitrogens with zero attached hydrogens (tertiary/aromatic N) is 3. The van der Waals surface area contributed by atoms with E-state index in [4.69, 9.17) is 21.1 Å². The van der Waals surface area contributed by atoms with E-state index in [0.717, 1.165) is 0 Å². The first kappa shape index (κ1) is 16.0. The van der Waals surface area contributed by atoms with Gasteiger partial charge in [0.05, 0.1) is 18.8 Å². The van der Waals surface area contributed by atoms with E-state index in [9.17, 15) is 4.79 Å². The van der Waals surface area contributed by atoms with Crippen LogP contribution in [-0.4, -0.2) is 33.9 Å². The third kappa shape index (κ3) is 4.08. The summed E-state index contributed by atoms with van der Waals surface area (Å²) in [4.78, 5) is 15.6. The summed E-state index contributed by atoms with van der Waals surface area (Å²) in [7, 11) is 1.56. The first-order valence-electron chi connectivity index (χ1n) is 6.63. The van der Waals surface area contributed by atoms with Crippen LogP contribution in [0.2, 0.25) is 5.02 Å². The minimum absolute atomic E-state index is 0.167. The van der Waals surface area contributed by atoms with Gasteiger partial charge in [0.1, 0.15) is 12.1 Å². The molecule has 0 aliphatic carbocycles. The molecule has 2 aromatic rings. The fraction of sp³-hybridized carbons (Fsp3) is 0.267. The maximum absolute atomic E-state index is 11.4. The lowest BCUT2D eigenvalue weighted by atomic mass is 10.2. The summed E-state index contributed by atoms with van der Waals surface area (Å²) in [5.41, 5.74) is 0.673. The van der Waals surface area contributed by atoms with Gasteiger partial charge in [-0.1, -0.05) is 11.6 Å². The van der Waals surface area contributed by atoms with Crippen molar-refractivity contribution in [3.05, 3.63) is 35.6 Å². The fourth-order valence-corrected chi connectivity index (χ4v) is 1.91. The number of carbonyl (C=O) groups is 1. The second-order valence-electron chi connectivity index (χ2n) is 4.69. The zero-order chi connectivity index (χ0) is 16.1. The number of aromatic nitrogens is 3. The van der Waals surface area contributed by atoms with Crippen LogP contribution < -0.4 is 4.74 Å². The van der Waals surface area contributed by atoms with E-state index in [2.05, 4.69) is 10.1 Å². The zero-order valence-electron chi connectivity index (χ0n) is 12.5. The van der Waals surface area contributed by atoms with Crippen LogP contribution in [0.15, 0.2) is 30.6 Å². The Hall–Kier alpha value is -2.34. The molecule has 0 radical (unpaired) electrons. The number of benzene rings is 1. The van der Waals surface area contributed by atoms with E-state index in [1.807, 2.05) is 0 Å². The number of rotatable bonds is 5. The molecule has 0 saturated heterocycles. The van der Waals surface area contributed by atoms with Gasteiger partial charge in [-0.2, -0.15) is 0 Å². The van der Waals surface area contributed by atoms with Gasteiger partial charge in [-0.25, -0.2) is 14.5 Å². The minimum atomic E-state index is -0.438. The van der Waals surface area contributed by atoms with Crippen molar-refractivity contribution in [3.8, 4) is 17.1 Å². The van der Waals surface area contributed by atoms with Crippen LogP contribution in [0.3, 0.4) is 0 Å². The molecule has 0 aliphatic heterocycles. The normalized spacial score (nSPS) is 11.1. The second kappa shape index (κ2) is 7.09. The maximum Gasteiger partial charge on any atom is 0.332 e. The van der Waals surface area contributed by atoms with Crippen molar-refractivity contribution in [1.29, 1.82) is 0 Å². The van der Waals surface area contributed by atoms with Gasteiger partial charge in [-0.05, 0) is 32.0 Å². The van der Waals surface area contributed by atoms with E-state index in [1.54, 1.807) is 39.2 Å². The summed E-state index contributed by atoms with van der Waals surface area (Å²) in [6, 6.07) is 5.19. The van der Waals surface area contributed by atoms with Gasteiger partial charge in [-0.15, -0.1) is 5.10 Å². The highest BCUT2D eigenvalue weighted by Crippen LogP contribution is 2.29. The molecule has 0 bridgehead atoms. The average molecular weight is 322 g/mol. The molecule has 0 atom stereocenters. The van der Waals surface area contributed by atoms with Crippen LogP contribution in [0.25, 0.3) is 17.6 Å². The number of hydrogen-bond acceptors (Lipinski definition) is 5. The van der Waals surface area contributed by atoms with E-state index in [0.29, 0.717) is 22.2 Å². The maximum atomic E-state index is 11.4. The topological polar surface area (TPSA) is 66.2 Å². The minimum Gasteiger partial charge on any atom is -0.496 e. The van der Waals surface area contributed by atoms with Gasteiger partial charge < -0.3 is 9.47 Å². The summed E-state index contributed by atoms with van der Waals surface area (Å²) < 4.78 is 11.7. The van der Waals surface area contributed by atoms with Crippen molar-refractivity contribution < 1.29 is 14.3 Å². The number of esters is 1. The van der Waals surface area contributed by atoms with E-state index >= 15 is 0 Å². The summed E-state index contributed by atoms with van der Waals surface area (Å²) in [5, 5.41) is 4.81. The Morgan fingerprint density at radius 2 is 2.18 bits per heavy atom.